The van der Waals surface area contributed by atoms with Crippen molar-refractivity contribution in [2.45, 2.75) is 26.4 Å². The summed E-state index contributed by atoms with van der Waals surface area (Å²) in [6.45, 7) is 3.96. The second-order valence-electron chi connectivity index (χ2n) is 2.99. The van der Waals surface area contributed by atoms with E-state index in [4.69, 9.17) is 0 Å². The third-order valence-corrected chi connectivity index (χ3v) is 1.77. The fourth-order valence-corrected chi connectivity index (χ4v) is 1.20. The quantitative estimate of drug-likeness (QED) is 0.587. The Labute approximate surface area is 60.6 Å². The van der Waals surface area contributed by atoms with Gasteiger partial charge in [-0.25, -0.2) is 0 Å². The first-order chi connectivity index (χ1) is 4.61. The summed E-state index contributed by atoms with van der Waals surface area (Å²) in [5.41, 5.74) is 0.880. The fraction of sp³-hybridized carbons (Fsp3) is 0.625. The number of carbonyl (C=O) groups excluding carboxylic acids is 1. The van der Waals surface area contributed by atoms with Crippen LogP contribution in [-0.4, -0.2) is 17.0 Å². The summed E-state index contributed by atoms with van der Waals surface area (Å²) in [6.07, 6.45) is 1.34. The predicted molar refractivity (Wildman–Crippen MR) is 38.6 cm³/mol. The van der Waals surface area contributed by atoms with Gasteiger partial charge in [-0.15, -0.1) is 0 Å². The van der Waals surface area contributed by atoms with Crippen molar-refractivity contribution in [3.63, 3.8) is 0 Å². The molecule has 0 spiro atoms. The van der Waals surface area contributed by atoms with Gasteiger partial charge in [0.15, 0.2) is 5.78 Å². The van der Waals surface area contributed by atoms with Crippen LogP contribution in [0.5, 0.6) is 0 Å². The third-order valence-electron chi connectivity index (χ3n) is 1.77. The van der Waals surface area contributed by atoms with Crippen molar-refractivity contribution in [1.82, 2.24) is 0 Å². The van der Waals surface area contributed by atoms with Crippen LogP contribution in [0.15, 0.2) is 11.6 Å². The molecule has 0 fully saturated rings. The van der Waals surface area contributed by atoms with Crippen LogP contribution in [0.4, 0.5) is 0 Å². The molecule has 0 aliphatic heterocycles. The molecule has 0 radical (unpaired) electrons. The van der Waals surface area contributed by atoms with E-state index < -0.39 is 6.10 Å². The summed E-state index contributed by atoms with van der Waals surface area (Å²) >= 11 is 0. The molecule has 0 unspecified atom stereocenters. The van der Waals surface area contributed by atoms with Crippen LogP contribution < -0.4 is 0 Å². The van der Waals surface area contributed by atoms with E-state index in [-0.39, 0.29) is 12.2 Å². The average molecular weight is 140 g/mol. The molecule has 0 saturated heterocycles. The van der Waals surface area contributed by atoms with Gasteiger partial charge in [0, 0.05) is 6.42 Å². The number of ketones is 1. The van der Waals surface area contributed by atoms with Crippen LogP contribution >= 0.6 is 0 Å². The van der Waals surface area contributed by atoms with Gasteiger partial charge in [0.05, 0.1) is 6.10 Å². The molecule has 10 heavy (non-hydrogen) atoms. The Morgan fingerprint density at radius 3 is 2.50 bits per heavy atom. The largest absolute Gasteiger partial charge is 0.388 e. The molecule has 1 aliphatic carbocycles. The zero-order valence-electron chi connectivity index (χ0n) is 6.29. The molecule has 0 heterocycles. The third kappa shape index (κ3) is 1.27. The van der Waals surface area contributed by atoms with Crippen molar-refractivity contribution >= 4 is 5.78 Å². The van der Waals surface area contributed by atoms with Crippen molar-refractivity contribution in [2.24, 2.45) is 5.92 Å². The zero-order chi connectivity index (χ0) is 7.72. The smallest absolute Gasteiger partial charge is 0.158 e. The minimum atomic E-state index is -0.507. The molecule has 1 rings (SSSR count). The molecule has 56 valence electrons. The predicted octanol–water partition coefficient (Wildman–Crippen LogP) is 0.903. The molecular formula is C8H12O2. The highest BCUT2D eigenvalue weighted by Gasteiger charge is 2.23. The van der Waals surface area contributed by atoms with Gasteiger partial charge < -0.3 is 5.11 Å². The first-order valence-electron chi connectivity index (χ1n) is 3.53. The van der Waals surface area contributed by atoms with E-state index in [1.165, 1.54) is 0 Å². The molecule has 0 aromatic rings. The zero-order valence-corrected chi connectivity index (χ0v) is 6.29. The lowest BCUT2D eigenvalue weighted by Crippen LogP contribution is -2.10. The van der Waals surface area contributed by atoms with Crippen LogP contribution in [0.3, 0.4) is 0 Å². The van der Waals surface area contributed by atoms with E-state index in [0.717, 1.165) is 5.57 Å². The molecule has 1 N–H and O–H groups in total. The average Bonchev–Trinajstić information content (AvgIpc) is 2.10. The monoisotopic (exact) mass is 140 g/mol. The van der Waals surface area contributed by atoms with Gasteiger partial charge in [0.2, 0.25) is 0 Å². The number of allylic oxidation sites excluding steroid dienone is 1. The molecule has 2 nitrogen and oxygen atoms in total. The second-order valence-corrected chi connectivity index (χ2v) is 2.99. The second kappa shape index (κ2) is 2.54. The van der Waals surface area contributed by atoms with E-state index in [1.807, 2.05) is 13.8 Å². The number of aliphatic hydroxyl groups is 1. The fourth-order valence-electron chi connectivity index (χ4n) is 1.20. The topological polar surface area (TPSA) is 37.3 Å². The van der Waals surface area contributed by atoms with E-state index >= 15 is 0 Å². The summed E-state index contributed by atoms with van der Waals surface area (Å²) < 4.78 is 0. The number of rotatable bonds is 1. The molecule has 0 saturated carbocycles. The maximum absolute atomic E-state index is 10.7. The van der Waals surface area contributed by atoms with E-state index in [9.17, 15) is 9.90 Å². The highest BCUT2D eigenvalue weighted by atomic mass is 16.3. The highest BCUT2D eigenvalue weighted by Crippen LogP contribution is 2.22. The van der Waals surface area contributed by atoms with Gasteiger partial charge in [0.25, 0.3) is 0 Å². The van der Waals surface area contributed by atoms with Crippen molar-refractivity contribution in [3.05, 3.63) is 11.6 Å². The van der Waals surface area contributed by atoms with Crippen molar-refractivity contribution in [1.29, 1.82) is 0 Å². The van der Waals surface area contributed by atoms with Gasteiger partial charge in [-0.1, -0.05) is 13.8 Å². The number of carbonyl (C=O) groups is 1. The first kappa shape index (κ1) is 7.48. The maximum atomic E-state index is 10.7. The molecular weight excluding hydrogens is 128 g/mol. The maximum Gasteiger partial charge on any atom is 0.158 e. The standard InChI is InChI=1S/C8H12O2/c1-5(2)7-3-6(9)4-8(7)10/h3,5,8,10H,4H2,1-2H3/t8-/m1/s1. The van der Waals surface area contributed by atoms with Crippen molar-refractivity contribution < 1.29 is 9.90 Å². The highest BCUT2D eigenvalue weighted by molar-refractivity contribution is 5.94. The van der Waals surface area contributed by atoms with Crippen molar-refractivity contribution in [3.8, 4) is 0 Å². The lowest BCUT2D eigenvalue weighted by molar-refractivity contribution is -0.114. The Kier molecular flexibility index (Phi) is 1.90. The summed E-state index contributed by atoms with van der Waals surface area (Å²) in [7, 11) is 0. The SMILES string of the molecule is CC(C)C1=CC(=O)C[C@H]1O. The summed E-state index contributed by atoms with van der Waals surface area (Å²) in [5, 5.41) is 9.24. The molecule has 0 aromatic carbocycles. The Balaban J connectivity index is 2.75. The van der Waals surface area contributed by atoms with Gasteiger partial charge >= 0.3 is 0 Å². The summed E-state index contributed by atoms with van der Waals surface area (Å²) in [6, 6.07) is 0. The number of hydrogen-bond acceptors (Lipinski definition) is 2. The number of aliphatic hydroxyl groups excluding tert-OH is 1. The summed E-state index contributed by atoms with van der Waals surface area (Å²) in [5.74, 6) is 0.345. The van der Waals surface area contributed by atoms with Crippen LogP contribution in [0.1, 0.15) is 20.3 Å². The Hall–Kier alpha value is -0.630. The first-order valence-corrected chi connectivity index (χ1v) is 3.53. The Bertz CT molecular complexity index is 180. The van der Waals surface area contributed by atoms with Gasteiger partial charge in [-0.2, -0.15) is 0 Å². The Morgan fingerprint density at radius 1 is 1.70 bits per heavy atom. The lowest BCUT2D eigenvalue weighted by atomic mass is 10.0. The minimum absolute atomic E-state index is 0.0520. The van der Waals surface area contributed by atoms with E-state index in [2.05, 4.69) is 0 Å². The van der Waals surface area contributed by atoms with Gasteiger partial charge in [-0.3, -0.25) is 4.79 Å². The van der Waals surface area contributed by atoms with E-state index in [0.29, 0.717) is 5.92 Å². The Morgan fingerprint density at radius 2 is 2.30 bits per heavy atom. The lowest BCUT2D eigenvalue weighted by Gasteiger charge is -2.09. The summed E-state index contributed by atoms with van der Waals surface area (Å²) in [4.78, 5) is 10.7. The molecule has 1 aliphatic rings. The number of hydrogen-bond donors (Lipinski definition) is 1. The van der Waals surface area contributed by atoms with Gasteiger partial charge in [-0.05, 0) is 17.6 Å². The minimum Gasteiger partial charge on any atom is -0.388 e. The van der Waals surface area contributed by atoms with Crippen LogP contribution in [-0.2, 0) is 4.79 Å². The van der Waals surface area contributed by atoms with Crippen molar-refractivity contribution in [2.75, 3.05) is 0 Å². The normalized spacial score (nSPS) is 25.8. The molecule has 0 bridgehead atoms. The van der Waals surface area contributed by atoms with Crippen LogP contribution in [0.25, 0.3) is 0 Å². The molecule has 1 atom stereocenters. The van der Waals surface area contributed by atoms with Crippen LogP contribution in [0.2, 0.25) is 0 Å². The van der Waals surface area contributed by atoms with E-state index in [1.54, 1.807) is 6.08 Å². The molecule has 0 amide bonds. The van der Waals surface area contributed by atoms with Gasteiger partial charge in [0.1, 0.15) is 0 Å². The molecule has 0 aromatic heterocycles. The van der Waals surface area contributed by atoms with Crippen LogP contribution in [0, 0.1) is 5.92 Å². The molecule has 2 heteroatoms.